The van der Waals surface area contributed by atoms with Crippen molar-refractivity contribution in [3.8, 4) is 0 Å². The Balaban J connectivity index is 1.86. The van der Waals surface area contributed by atoms with Crippen molar-refractivity contribution in [3.63, 3.8) is 0 Å². The summed E-state index contributed by atoms with van der Waals surface area (Å²) < 4.78 is 2.30. The summed E-state index contributed by atoms with van der Waals surface area (Å²) in [5.74, 6) is 0. The second-order valence-corrected chi connectivity index (χ2v) is 5.57. The number of pyridine rings is 1. The molecule has 1 aliphatic rings. The Labute approximate surface area is 122 Å². The third-order valence-corrected chi connectivity index (χ3v) is 4.13. The maximum Gasteiger partial charge on any atom is 0.208 e. The number of hydrogen-bond acceptors (Lipinski definition) is 0. The summed E-state index contributed by atoms with van der Waals surface area (Å²) in [6.45, 7) is 1.06. The van der Waals surface area contributed by atoms with Crippen molar-refractivity contribution >= 4 is 34.2 Å². The molecule has 3 heteroatoms. The van der Waals surface area contributed by atoms with Gasteiger partial charge in [-0.3, -0.25) is 0 Å². The van der Waals surface area contributed by atoms with Crippen molar-refractivity contribution in [1.29, 1.82) is 0 Å². The average molecular weight is 282 g/mol. The van der Waals surface area contributed by atoms with E-state index in [0.717, 1.165) is 23.5 Å². The summed E-state index contributed by atoms with van der Waals surface area (Å²) in [5.41, 5.74) is 5.02. The van der Waals surface area contributed by atoms with Crippen molar-refractivity contribution in [2.24, 2.45) is 0 Å². The molecule has 20 heavy (non-hydrogen) atoms. The first-order chi connectivity index (χ1) is 9.81. The van der Waals surface area contributed by atoms with E-state index in [0.29, 0.717) is 0 Å². The van der Waals surface area contributed by atoms with E-state index in [-0.39, 0.29) is 0 Å². The van der Waals surface area contributed by atoms with Crippen LogP contribution < -0.4 is 4.57 Å². The van der Waals surface area contributed by atoms with Crippen LogP contribution in [0.15, 0.2) is 48.8 Å². The zero-order valence-electron chi connectivity index (χ0n) is 10.9. The topological polar surface area (TPSA) is 19.7 Å². The van der Waals surface area contributed by atoms with Gasteiger partial charge in [0.25, 0.3) is 0 Å². The van der Waals surface area contributed by atoms with Crippen molar-refractivity contribution in [2.45, 2.75) is 13.0 Å². The van der Waals surface area contributed by atoms with Gasteiger partial charge in [-0.1, -0.05) is 11.6 Å². The Morgan fingerprint density at radius 3 is 3.10 bits per heavy atom. The number of halogens is 1. The molecule has 1 N–H and O–H groups in total. The molecular formula is C17H14ClN2+. The lowest BCUT2D eigenvalue weighted by molar-refractivity contribution is -0.689. The molecule has 3 aromatic rings. The normalized spacial score (nSPS) is 15.9. The second-order valence-electron chi connectivity index (χ2n) is 5.13. The largest absolute Gasteiger partial charge is 0.361 e. The SMILES string of the molecule is Clc1ccc2[nH]cc(/C=C3\CC[n+]4ccccc43)c2c1. The van der Waals surface area contributed by atoms with E-state index in [1.54, 1.807) is 0 Å². The van der Waals surface area contributed by atoms with Crippen LogP contribution in [-0.2, 0) is 6.54 Å². The average Bonchev–Trinajstić information content (AvgIpc) is 3.05. The molecular weight excluding hydrogens is 268 g/mol. The number of hydrogen-bond donors (Lipinski definition) is 1. The van der Waals surface area contributed by atoms with Crippen LogP contribution in [0.3, 0.4) is 0 Å². The minimum absolute atomic E-state index is 0.776. The van der Waals surface area contributed by atoms with Gasteiger partial charge in [-0.05, 0) is 30.3 Å². The number of aromatic amines is 1. The number of nitrogens with one attached hydrogen (secondary N) is 1. The lowest BCUT2D eigenvalue weighted by atomic mass is 10.1. The summed E-state index contributed by atoms with van der Waals surface area (Å²) in [6, 6.07) is 12.3. The number of allylic oxidation sites excluding steroid dienone is 1. The standard InChI is InChI=1S/C17H13ClN2/c18-14-4-5-16-15(10-14)13(11-19-16)9-12-6-8-20-7-2-1-3-17(12)20/h1-5,7,9-11H,6,8H2/p+1. The lowest BCUT2D eigenvalue weighted by Gasteiger charge is -1.96. The molecule has 0 radical (unpaired) electrons. The summed E-state index contributed by atoms with van der Waals surface area (Å²) in [4.78, 5) is 3.30. The van der Waals surface area contributed by atoms with Crippen LogP contribution in [0.25, 0.3) is 22.6 Å². The van der Waals surface area contributed by atoms with E-state index in [9.17, 15) is 0 Å². The van der Waals surface area contributed by atoms with E-state index in [4.69, 9.17) is 11.6 Å². The second kappa shape index (κ2) is 4.50. The monoisotopic (exact) mass is 281 g/mol. The van der Waals surface area contributed by atoms with Gasteiger partial charge < -0.3 is 4.98 Å². The highest BCUT2D eigenvalue weighted by molar-refractivity contribution is 6.31. The molecule has 3 heterocycles. The van der Waals surface area contributed by atoms with Gasteiger partial charge in [0.05, 0.1) is 0 Å². The lowest BCUT2D eigenvalue weighted by Crippen LogP contribution is -2.31. The number of nitrogens with zero attached hydrogens (tertiary/aromatic N) is 1. The first-order valence-electron chi connectivity index (χ1n) is 6.77. The highest BCUT2D eigenvalue weighted by atomic mass is 35.5. The van der Waals surface area contributed by atoms with Crippen LogP contribution in [0, 0.1) is 0 Å². The first kappa shape index (κ1) is 11.7. The van der Waals surface area contributed by atoms with Crippen molar-refractivity contribution in [1.82, 2.24) is 4.98 Å². The predicted molar refractivity (Wildman–Crippen MR) is 82.4 cm³/mol. The molecule has 1 aliphatic heterocycles. The number of benzene rings is 1. The third kappa shape index (κ3) is 1.84. The van der Waals surface area contributed by atoms with Crippen molar-refractivity contribution < 1.29 is 4.57 Å². The Hall–Kier alpha value is -2.06. The molecule has 2 nitrogen and oxygen atoms in total. The molecule has 4 rings (SSSR count). The van der Waals surface area contributed by atoms with Crippen LogP contribution in [0.1, 0.15) is 17.7 Å². The van der Waals surface area contributed by atoms with Crippen LogP contribution in [0.5, 0.6) is 0 Å². The predicted octanol–water partition coefficient (Wildman–Crippen LogP) is 4.05. The molecule has 1 aromatic carbocycles. The molecule has 2 aromatic heterocycles. The van der Waals surface area contributed by atoms with Crippen LogP contribution in [-0.4, -0.2) is 4.98 Å². The molecule has 0 fully saturated rings. The quantitative estimate of drug-likeness (QED) is 0.649. The smallest absolute Gasteiger partial charge is 0.208 e. The van der Waals surface area contributed by atoms with Crippen molar-refractivity contribution in [2.75, 3.05) is 0 Å². The maximum absolute atomic E-state index is 6.11. The molecule has 98 valence electrons. The summed E-state index contributed by atoms with van der Waals surface area (Å²) in [7, 11) is 0. The van der Waals surface area contributed by atoms with E-state index in [2.05, 4.69) is 46.2 Å². The minimum Gasteiger partial charge on any atom is -0.361 e. The fourth-order valence-corrected chi connectivity index (χ4v) is 3.07. The zero-order valence-corrected chi connectivity index (χ0v) is 11.7. The van der Waals surface area contributed by atoms with Gasteiger partial charge in [0, 0.05) is 51.8 Å². The van der Waals surface area contributed by atoms with E-state index in [1.807, 2.05) is 18.2 Å². The molecule has 0 amide bonds. The Kier molecular flexibility index (Phi) is 2.64. The molecule has 0 spiro atoms. The Morgan fingerprint density at radius 1 is 1.20 bits per heavy atom. The van der Waals surface area contributed by atoms with Gasteiger partial charge in [-0.2, -0.15) is 4.57 Å². The number of aryl methyl sites for hydroxylation is 1. The number of H-pyrrole nitrogens is 1. The molecule has 0 unspecified atom stereocenters. The third-order valence-electron chi connectivity index (χ3n) is 3.90. The fraction of sp³-hybridized carbons (Fsp3) is 0.118. The highest BCUT2D eigenvalue weighted by Crippen LogP contribution is 2.28. The van der Waals surface area contributed by atoms with E-state index >= 15 is 0 Å². The number of aromatic nitrogens is 2. The van der Waals surface area contributed by atoms with Crippen LogP contribution in [0.2, 0.25) is 5.02 Å². The van der Waals surface area contributed by atoms with Gasteiger partial charge in [0.15, 0.2) is 12.7 Å². The Bertz CT molecular complexity index is 830. The van der Waals surface area contributed by atoms with Gasteiger partial charge in [-0.25, -0.2) is 0 Å². The molecule has 0 atom stereocenters. The molecule has 0 saturated heterocycles. The van der Waals surface area contributed by atoms with Crippen LogP contribution >= 0.6 is 11.6 Å². The van der Waals surface area contributed by atoms with Crippen LogP contribution in [0.4, 0.5) is 0 Å². The highest BCUT2D eigenvalue weighted by Gasteiger charge is 2.23. The van der Waals surface area contributed by atoms with Gasteiger partial charge in [0.2, 0.25) is 5.69 Å². The molecule has 0 bridgehead atoms. The van der Waals surface area contributed by atoms with Gasteiger partial charge >= 0.3 is 0 Å². The first-order valence-corrected chi connectivity index (χ1v) is 7.15. The zero-order chi connectivity index (χ0) is 13.5. The van der Waals surface area contributed by atoms with E-state index < -0.39 is 0 Å². The van der Waals surface area contributed by atoms with E-state index in [1.165, 1.54) is 22.2 Å². The van der Waals surface area contributed by atoms with Gasteiger partial charge in [-0.15, -0.1) is 0 Å². The van der Waals surface area contributed by atoms with Crippen molar-refractivity contribution in [3.05, 3.63) is 65.1 Å². The fourth-order valence-electron chi connectivity index (χ4n) is 2.90. The summed E-state index contributed by atoms with van der Waals surface area (Å²) in [5, 5.41) is 1.96. The Morgan fingerprint density at radius 2 is 2.15 bits per heavy atom. The minimum atomic E-state index is 0.776. The maximum atomic E-state index is 6.11. The van der Waals surface area contributed by atoms with Gasteiger partial charge in [0.1, 0.15) is 0 Å². The molecule has 0 aliphatic carbocycles. The summed E-state index contributed by atoms with van der Waals surface area (Å²) >= 11 is 6.11. The number of rotatable bonds is 1. The number of fused-ring (bicyclic) bond motifs is 2. The molecule has 0 saturated carbocycles. The summed E-state index contributed by atoms with van der Waals surface area (Å²) in [6.07, 6.45) is 7.55.